The molecule has 1 aromatic carbocycles. The summed E-state index contributed by atoms with van der Waals surface area (Å²) >= 11 is 1.24. The number of rotatable bonds is 7. The van der Waals surface area contributed by atoms with E-state index in [0.717, 1.165) is 12.0 Å². The van der Waals surface area contributed by atoms with E-state index >= 15 is 0 Å². The molecule has 3 aromatic heterocycles. The summed E-state index contributed by atoms with van der Waals surface area (Å²) in [6.07, 6.45) is 0.935. The van der Waals surface area contributed by atoms with Gasteiger partial charge in [-0.05, 0) is 31.9 Å². The lowest BCUT2D eigenvalue weighted by Gasteiger charge is -2.07. The predicted molar refractivity (Wildman–Crippen MR) is 122 cm³/mol. The van der Waals surface area contributed by atoms with Crippen LogP contribution >= 0.6 is 11.3 Å². The van der Waals surface area contributed by atoms with Gasteiger partial charge in [0.25, 0.3) is 0 Å². The van der Waals surface area contributed by atoms with Crippen LogP contribution in [0.1, 0.15) is 47.2 Å². The summed E-state index contributed by atoms with van der Waals surface area (Å²) in [6, 6.07) is 9.69. The number of fused-ring (bicyclic) bond motifs is 1. The molecule has 0 fully saturated rings. The lowest BCUT2D eigenvalue weighted by Crippen LogP contribution is -2.07. The number of aromatic amines is 1. The molecule has 0 radical (unpaired) electrons. The van der Waals surface area contributed by atoms with Crippen molar-refractivity contribution in [3.05, 3.63) is 52.5 Å². The molecule has 0 bridgehead atoms. The van der Waals surface area contributed by atoms with Crippen molar-refractivity contribution in [3.63, 3.8) is 0 Å². The highest BCUT2D eigenvalue weighted by Crippen LogP contribution is 2.33. The first-order valence-electron chi connectivity index (χ1n) is 10.3. The summed E-state index contributed by atoms with van der Waals surface area (Å²) < 4.78 is 10.3. The molecular weight excluding hydrogens is 428 g/mol. The van der Waals surface area contributed by atoms with E-state index in [0.29, 0.717) is 33.0 Å². The van der Waals surface area contributed by atoms with Crippen LogP contribution in [0.5, 0.6) is 0 Å². The average Bonchev–Trinajstić information content (AvgIpc) is 3.46. The van der Waals surface area contributed by atoms with Crippen molar-refractivity contribution >= 4 is 34.3 Å². The van der Waals surface area contributed by atoms with Crippen molar-refractivity contribution in [2.45, 2.75) is 27.2 Å². The van der Waals surface area contributed by atoms with Gasteiger partial charge in [0.1, 0.15) is 10.7 Å². The first-order chi connectivity index (χ1) is 15.5. The fourth-order valence-corrected chi connectivity index (χ4v) is 4.06. The van der Waals surface area contributed by atoms with Gasteiger partial charge in [-0.2, -0.15) is 5.10 Å². The molecule has 0 spiro atoms. The van der Waals surface area contributed by atoms with Gasteiger partial charge in [0.15, 0.2) is 11.3 Å². The van der Waals surface area contributed by atoms with Gasteiger partial charge >= 0.3 is 11.9 Å². The highest BCUT2D eigenvalue weighted by atomic mass is 32.1. The van der Waals surface area contributed by atoms with Crippen LogP contribution in [0.3, 0.4) is 0 Å². The SMILES string of the molecule is CCOC(=O)c1csc(-c2cc(C(=O)OCC)c3c(-c4ccc(CC)cc4)[nH]nc3n2)n1. The largest absolute Gasteiger partial charge is 0.462 e. The highest BCUT2D eigenvalue weighted by molar-refractivity contribution is 7.13. The molecular formula is C23H22N4O4S. The summed E-state index contributed by atoms with van der Waals surface area (Å²) in [5, 5.41) is 10.0. The second kappa shape index (κ2) is 9.27. The first kappa shape index (κ1) is 21.6. The number of aryl methyl sites for hydroxylation is 1. The van der Waals surface area contributed by atoms with Crippen LogP contribution in [0.25, 0.3) is 33.0 Å². The van der Waals surface area contributed by atoms with Crippen molar-refractivity contribution in [2.24, 2.45) is 0 Å². The lowest BCUT2D eigenvalue weighted by molar-refractivity contribution is 0.0514. The molecule has 0 saturated carbocycles. The Morgan fingerprint density at radius 3 is 2.41 bits per heavy atom. The molecule has 1 N–H and O–H groups in total. The second-order valence-corrected chi connectivity index (χ2v) is 7.74. The van der Waals surface area contributed by atoms with E-state index in [1.165, 1.54) is 16.9 Å². The molecule has 0 saturated heterocycles. The Morgan fingerprint density at radius 1 is 1.00 bits per heavy atom. The number of pyridine rings is 1. The number of aromatic nitrogens is 4. The number of thiazole rings is 1. The quantitative estimate of drug-likeness (QED) is 0.408. The number of benzene rings is 1. The molecule has 0 aliphatic heterocycles. The van der Waals surface area contributed by atoms with E-state index < -0.39 is 11.9 Å². The Balaban J connectivity index is 1.84. The van der Waals surface area contributed by atoms with Gasteiger partial charge in [-0.1, -0.05) is 31.2 Å². The Kier molecular flexibility index (Phi) is 6.27. The van der Waals surface area contributed by atoms with Crippen molar-refractivity contribution in [1.29, 1.82) is 0 Å². The molecule has 0 atom stereocenters. The maximum Gasteiger partial charge on any atom is 0.357 e. The molecule has 4 rings (SSSR count). The monoisotopic (exact) mass is 450 g/mol. The molecule has 164 valence electrons. The number of esters is 2. The Bertz CT molecular complexity index is 1280. The van der Waals surface area contributed by atoms with Crippen LogP contribution < -0.4 is 0 Å². The third-order valence-electron chi connectivity index (χ3n) is 4.88. The number of carbonyl (C=O) groups excluding carboxylic acids is 2. The predicted octanol–water partition coefficient (Wildman–Crippen LogP) is 4.66. The van der Waals surface area contributed by atoms with Crippen LogP contribution in [0, 0.1) is 0 Å². The van der Waals surface area contributed by atoms with Gasteiger partial charge in [-0.3, -0.25) is 5.10 Å². The number of carbonyl (C=O) groups is 2. The highest BCUT2D eigenvalue weighted by Gasteiger charge is 2.22. The van der Waals surface area contributed by atoms with Crippen LogP contribution in [0.2, 0.25) is 0 Å². The van der Waals surface area contributed by atoms with Gasteiger partial charge in [0.2, 0.25) is 0 Å². The summed E-state index contributed by atoms with van der Waals surface area (Å²) in [6.45, 7) is 6.08. The number of ether oxygens (including phenoxy) is 2. The summed E-state index contributed by atoms with van der Waals surface area (Å²) in [4.78, 5) is 33.7. The zero-order valence-electron chi connectivity index (χ0n) is 18.0. The fraction of sp³-hybridized carbons (Fsp3) is 0.261. The number of nitrogens with zero attached hydrogens (tertiary/aromatic N) is 3. The lowest BCUT2D eigenvalue weighted by atomic mass is 10.0. The van der Waals surface area contributed by atoms with Gasteiger partial charge < -0.3 is 9.47 Å². The number of hydrogen-bond acceptors (Lipinski definition) is 8. The molecule has 3 heterocycles. The topological polar surface area (TPSA) is 107 Å². The zero-order chi connectivity index (χ0) is 22.7. The minimum Gasteiger partial charge on any atom is -0.462 e. The van der Waals surface area contributed by atoms with Gasteiger partial charge in [-0.15, -0.1) is 11.3 Å². The number of hydrogen-bond donors (Lipinski definition) is 1. The van der Waals surface area contributed by atoms with E-state index in [1.54, 1.807) is 25.3 Å². The maximum absolute atomic E-state index is 12.8. The van der Waals surface area contributed by atoms with E-state index in [-0.39, 0.29) is 18.9 Å². The molecule has 4 aromatic rings. The summed E-state index contributed by atoms with van der Waals surface area (Å²) in [7, 11) is 0. The van der Waals surface area contributed by atoms with Crippen LogP contribution in [-0.2, 0) is 15.9 Å². The third-order valence-corrected chi connectivity index (χ3v) is 5.74. The van der Waals surface area contributed by atoms with Gasteiger partial charge in [0.05, 0.1) is 29.9 Å². The standard InChI is InChI=1S/C23H22N4O4S/c1-4-13-7-9-14(10-8-13)19-18-15(22(28)30-5-2)11-16(24-20(18)27-26-19)21-25-17(12-32-21)23(29)31-6-3/h7-12H,4-6H2,1-3H3,(H,24,26,27). The van der Waals surface area contributed by atoms with E-state index in [9.17, 15) is 9.59 Å². The van der Waals surface area contributed by atoms with E-state index in [1.807, 2.05) is 24.3 Å². The van der Waals surface area contributed by atoms with Crippen molar-refractivity contribution in [3.8, 4) is 22.0 Å². The summed E-state index contributed by atoms with van der Waals surface area (Å²) in [5.41, 5.74) is 4.13. The van der Waals surface area contributed by atoms with Crippen molar-refractivity contribution in [1.82, 2.24) is 20.2 Å². The Hall–Kier alpha value is -3.59. The molecule has 9 heteroatoms. The van der Waals surface area contributed by atoms with Crippen LogP contribution in [0.15, 0.2) is 35.7 Å². The zero-order valence-corrected chi connectivity index (χ0v) is 18.8. The molecule has 32 heavy (non-hydrogen) atoms. The smallest absolute Gasteiger partial charge is 0.357 e. The minimum atomic E-state index is -0.501. The summed E-state index contributed by atoms with van der Waals surface area (Å²) in [5.74, 6) is -0.976. The second-order valence-electron chi connectivity index (χ2n) is 6.88. The Morgan fingerprint density at radius 2 is 1.72 bits per heavy atom. The molecule has 8 nitrogen and oxygen atoms in total. The van der Waals surface area contributed by atoms with E-state index in [4.69, 9.17) is 9.47 Å². The Labute approximate surface area is 188 Å². The van der Waals surface area contributed by atoms with Gasteiger partial charge in [-0.25, -0.2) is 19.6 Å². The van der Waals surface area contributed by atoms with Crippen LogP contribution in [-0.4, -0.2) is 45.3 Å². The van der Waals surface area contributed by atoms with Crippen LogP contribution in [0.4, 0.5) is 0 Å². The normalized spacial score (nSPS) is 11.0. The van der Waals surface area contributed by atoms with Crippen molar-refractivity contribution in [2.75, 3.05) is 13.2 Å². The minimum absolute atomic E-state index is 0.199. The maximum atomic E-state index is 12.8. The molecule has 0 aliphatic rings. The van der Waals surface area contributed by atoms with Gasteiger partial charge in [0, 0.05) is 10.9 Å². The molecule has 0 unspecified atom stereocenters. The molecule has 0 amide bonds. The van der Waals surface area contributed by atoms with E-state index in [2.05, 4.69) is 27.1 Å². The fourth-order valence-electron chi connectivity index (χ4n) is 3.31. The van der Waals surface area contributed by atoms with Crippen molar-refractivity contribution < 1.29 is 19.1 Å². The number of nitrogens with one attached hydrogen (secondary N) is 1. The molecule has 0 aliphatic carbocycles. The average molecular weight is 451 g/mol. The third kappa shape index (κ3) is 4.11. The number of H-pyrrole nitrogens is 1. The first-order valence-corrected chi connectivity index (χ1v) is 11.2.